The van der Waals surface area contributed by atoms with E-state index < -0.39 is 30.4 Å². The molecule has 23 rings (SSSR count). The van der Waals surface area contributed by atoms with Crippen molar-refractivity contribution < 1.29 is 48.5 Å². The Morgan fingerprint density at radius 2 is 0.746 bits per heavy atom. The van der Waals surface area contributed by atoms with E-state index >= 15 is 0 Å². The number of halogens is 1. The number of benzene rings is 9. The Morgan fingerprint density at radius 3 is 1.13 bits per heavy atom. The number of aliphatic hydroxyl groups excluding tert-OH is 4. The van der Waals surface area contributed by atoms with E-state index in [0.29, 0.717) is 131 Å². The van der Waals surface area contributed by atoms with Crippen molar-refractivity contribution in [1.82, 2.24) is 68.0 Å². The van der Waals surface area contributed by atoms with Gasteiger partial charge in [-0.2, -0.15) is 4.39 Å². The van der Waals surface area contributed by atoms with Gasteiger partial charge in [-0.05, 0) is 204 Å². The number of fused-ring (bicyclic) bond motifs is 12. The standard InChI is InChI=1S/C29H25FN4O3.C29H32N4O3.C28H24N4O3.C22H21N3O4S/c1-17-10-22(28(30)32-14-17)24-12-18(6-8-31-24)11-19-13-23-27(21-5-3-2-4-20(19)21)33-16-34(29(23)36)25-7-9-37-15-26(25)35;1-31-11-13-32(14-12-31)22-8-6-20(7-9-22)16-21-17-25-28(24-5-3-2-4-23(21)24)30-19-33(29(25)35)26-10-15-36-18-27(26)34;33-26-16-35-12-9-25(26)32-17-31-27-21-6-2-1-5-20(21)19(15-22(27)28(32)34)13-18-8-11-30-24(14-18)23-7-3-4-10-29-23;1-28-22-23-10-14(30-22)8-13-9-17-20(16-5-3-2-4-15(13)16)24-12-25(21(17)27)18-6-7-29-11-19(18)26/h2-6,8,10,12-14,16,25-26,35H,7,9,11,15H2,1H3;2-9,17,19,26-27,34H,10-16,18H2,1H3;1-8,10-11,14-15,17,25-26,33H,9,12-13,16H2;2-5,9-10,12,18-19,26H,6-8,11H2,1H3/t25-,26-;26-,27-;25-,26-;18-,19-/m0000/s1. The third kappa shape index (κ3) is 19.1. The number of piperazine rings is 1. The molecule has 5 fully saturated rings. The highest BCUT2D eigenvalue weighted by Crippen LogP contribution is 2.38. The first-order chi connectivity index (χ1) is 67.4. The second-order valence-corrected chi connectivity index (χ2v) is 36.9. The molecule has 0 saturated carbocycles. The van der Waals surface area contributed by atoms with Gasteiger partial charge in [0.2, 0.25) is 5.95 Å². The fourth-order valence-electron chi connectivity index (χ4n) is 19.8. The second-order valence-electron chi connectivity index (χ2n) is 35.9. The highest BCUT2D eigenvalue weighted by atomic mass is 32.1. The summed E-state index contributed by atoms with van der Waals surface area (Å²) in [6.07, 6.45) is 16.6. The number of ether oxygens (including phenoxy) is 5. The summed E-state index contributed by atoms with van der Waals surface area (Å²) < 4.78 is 47.3. The predicted octanol–water partition coefficient (Wildman–Crippen LogP) is 14.4. The molecule has 18 aromatic rings. The number of anilines is 1. The zero-order valence-electron chi connectivity index (χ0n) is 76.4. The van der Waals surface area contributed by atoms with E-state index in [1.54, 1.807) is 64.4 Å². The van der Waals surface area contributed by atoms with Gasteiger partial charge in [0.05, 0.1) is 174 Å². The van der Waals surface area contributed by atoms with Gasteiger partial charge in [0.15, 0.2) is 0 Å². The fourth-order valence-corrected chi connectivity index (χ4v) is 20.5. The van der Waals surface area contributed by atoms with E-state index in [2.05, 4.69) is 99.2 Å². The largest absolute Gasteiger partial charge is 0.473 e. The number of aryl methyl sites for hydroxylation is 1. The summed E-state index contributed by atoms with van der Waals surface area (Å²) in [6.45, 7) is 9.04. The van der Waals surface area contributed by atoms with Gasteiger partial charge in [-0.25, -0.2) is 29.9 Å². The van der Waals surface area contributed by atoms with Crippen molar-refractivity contribution >= 4 is 104 Å². The summed E-state index contributed by atoms with van der Waals surface area (Å²) in [6, 6.07) is 62.6. The molecule has 5 saturated heterocycles. The topological polar surface area (TPSA) is 338 Å². The van der Waals surface area contributed by atoms with Crippen LogP contribution in [-0.4, -0.2) is 206 Å². The number of aromatic nitrogens is 13. The second kappa shape index (κ2) is 40.7. The molecule has 0 bridgehead atoms. The molecule has 5 aliphatic heterocycles. The smallest absolute Gasteiger partial charge is 0.273 e. The van der Waals surface area contributed by atoms with Crippen LogP contribution in [0, 0.1) is 12.9 Å². The van der Waals surface area contributed by atoms with Gasteiger partial charge in [-0.3, -0.25) is 52.4 Å². The van der Waals surface area contributed by atoms with Crippen molar-refractivity contribution in [2.45, 2.75) is 107 Å². The maximum atomic E-state index is 14.4. The Bertz CT molecular complexity index is 7830. The molecule has 4 N–H and O–H groups in total. The lowest BCUT2D eigenvalue weighted by molar-refractivity contribution is -0.0395. The highest BCUT2D eigenvalue weighted by molar-refractivity contribution is 7.13. The van der Waals surface area contributed by atoms with Crippen LogP contribution in [0.5, 0.6) is 5.19 Å². The zero-order valence-corrected chi connectivity index (χ0v) is 77.2. The van der Waals surface area contributed by atoms with Crippen LogP contribution in [0.1, 0.15) is 99.2 Å². The Labute approximate surface area is 795 Å². The van der Waals surface area contributed by atoms with Crippen LogP contribution in [-0.2, 0) is 44.6 Å². The SMILES string of the molecule is CN1CCN(c2ccc(Cc3cc4c(=O)n([C@H]5CCOC[C@@H]5O)cnc4c4ccccc34)cc2)CC1.COc1ncc(Cc2cc3c(=O)n([C@H]4CCOC[C@@H]4O)cnc3c3ccccc23)s1.Cc1cnc(F)c(-c2cc(Cc3cc4c(=O)n([C@H]5CCOC[C@@H]5O)cnc4c4ccccc34)ccn2)c1.O=c1c2cc(Cc3ccnc(-c4ccccn4)c3)c3ccccc3c2ncn1[C@H]1CCOC[C@@H]1O. The maximum Gasteiger partial charge on any atom is 0.273 e. The minimum atomic E-state index is -0.766. The van der Waals surface area contributed by atoms with Crippen LogP contribution in [0.15, 0.2) is 270 Å². The van der Waals surface area contributed by atoms with Gasteiger partial charge < -0.3 is 53.9 Å². The van der Waals surface area contributed by atoms with Crippen molar-refractivity contribution in [3.63, 3.8) is 0 Å². The van der Waals surface area contributed by atoms with Crippen LogP contribution >= 0.6 is 11.3 Å². The Hall–Kier alpha value is -14.0. The van der Waals surface area contributed by atoms with E-state index in [0.717, 1.165) is 131 Å². The van der Waals surface area contributed by atoms with Gasteiger partial charge >= 0.3 is 0 Å². The average Bonchev–Trinajstić information content (AvgIpc) is 0.906. The summed E-state index contributed by atoms with van der Waals surface area (Å²) in [5.41, 5.74) is 14.1. The van der Waals surface area contributed by atoms with Crippen LogP contribution in [0.2, 0.25) is 0 Å². The Balaban J connectivity index is 0.000000114. The zero-order chi connectivity index (χ0) is 94.6. The molecule has 0 radical (unpaired) electrons. The van der Waals surface area contributed by atoms with E-state index in [1.807, 2.05) is 159 Å². The number of hydrogen-bond donors (Lipinski definition) is 4. The van der Waals surface area contributed by atoms with Gasteiger partial charge in [0.1, 0.15) is 0 Å². The molecule has 30 heteroatoms. The van der Waals surface area contributed by atoms with E-state index in [4.69, 9.17) is 28.7 Å². The molecule has 0 aliphatic carbocycles. The quantitative estimate of drug-likeness (QED) is 0.0516. The van der Waals surface area contributed by atoms with E-state index in [1.165, 1.54) is 39.7 Å². The lowest BCUT2D eigenvalue weighted by Gasteiger charge is -2.34. The average molecular weight is 1870 g/mol. The predicted molar refractivity (Wildman–Crippen MR) is 532 cm³/mol. The molecule has 0 amide bonds. The first-order valence-corrected chi connectivity index (χ1v) is 47.4. The molecule has 700 valence electrons. The molecule has 0 unspecified atom stereocenters. The lowest BCUT2D eigenvalue weighted by Crippen LogP contribution is -2.44. The first-order valence-electron chi connectivity index (χ1n) is 46.6. The molecule has 14 heterocycles. The van der Waals surface area contributed by atoms with Crippen molar-refractivity contribution in [3.05, 3.63) is 347 Å². The number of aliphatic hydroxyl groups is 4. The van der Waals surface area contributed by atoms with Gasteiger partial charge in [-0.1, -0.05) is 127 Å². The van der Waals surface area contributed by atoms with Gasteiger partial charge in [-0.15, -0.1) is 0 Å². The summed E-state index contributed by atoms with van der Waals surface area (Å²) in [5, 5.41) is 52.5. The number of likely N-dealkylation sites (N-methyl/N-ethyl adjacent to an activating group) is 1. The molecule has 9 aromatic carbocycles. The van der Waals surface area contributed by atoms with E-state index in [-0.39, 0.29) is 72.8 Å². The van der Waals surface area contributed by atoms with Crippen molar-refractivity contribution in [1.29, 1.82) is 0 Å². The van der Waals surface area contributed by atoms with Crippen molar-refractivity contribution in [3.8, 4) is 27.8 Å². The van der Waals surface area contributed by atoms with Gasteiger partial charge in [0, 0.05) is 122 Å². The normalized spacial score (nSPS) is 19.2. The number of pyridine rings is 4. The third-order valence-corrected chi connectivity index (χ3v) is 28.0. The maximum absolute atomic E-state index is 14.4. The fraction of sp³-hybridized carbons (Fsp3) is 0.287. The minimum absolute atomic E-state index is 0.108. The van der Waals surface area contributed by atoms with Crippen LogP contribution in [0.25, 0.3) is 109 Å². The summed E-state index contributed by atoms with van der Waals surface area (Å²) in [5.74, 6) is -0.562. The Kier molecular flexibility index (Phi) is 27.1. The number of rotatable bonds is 16. The summed E-state index contributed by atoms with van der Waals surface area (Å²) in [7, 11) is 3.78. The van der Waals surface area contributed by atoms with E-state index in [9.17, 15) is 44.0 Å². The molecular weight excluding hydrogens is 1770 g/mol. The van der Waals surface area contributed by atoms with Crippen LogP contribution in [0.4, 0.5) is 10.1 Å². The number of thiazole rings is 1. The molecule has 0 spiro atoms. The molecule has 5 aliphatic rings. The Morgan fingerprint density at radius 1 is 0.377 bits per heavy atom. The highest BCUT2D eigenvalue weighted by Gasteiger charge is 2.33. The van der Waals surface area contributed by atoms with Crippen LogP contribution in [0.3, 0.4) is 0 Å². The van der Waals surface area contributed by atoms with Gasteiger partial charge in [0.25, 0.3) is 27.4 Å². The first kappa shape index (κ1) is 91.7. The number of nitrogens with zero attached hydrogens (tertiary/aromatic N) is 15. The lowest BCUT2D eigenvalue weighted by atomic mass is 9.95. The monoisotopic (exact) mass is 1870 g/mol. The third-order valence-electron chi connectivity index (χ3n) is 27.0. The number of methoxy groups -OCH3 is 1. The van der Waals surface area contributed by atoms with Crippen molar-refractivity contribution in [2.75, 3.05) is 98.1 Å². The summed E-state index contributed by atoms with van der Waals surface area (Å²) in [4.78, 5) is 100. The molecule has 9 aromatic heterocycles. The van der Waals surface area contributed by atoms with Crippen molar-refractivity contribution in [2.24, 2.45) is 0 Å². The molecule has 8 atom stereocenters. The minimum Gasteiger partial charge on any atom is -0.473 e. The molecular formula is C108H102FN15O13S. The van der Waals surface area contributed by atoms with Crippen LogP contribution < -0.4 is 31.9 Å². The molecule has 28 nitrogen and oxygen atoms in total. The summed E-state index contributed by atoms with van der Waals surface area (Å²) >= 11 is 1.49. The number of hydrogen-bond acceptors (Lipinski definition) is 25. The molecule has 138 heavy (non-hydrogen) atoms.